The van der Waals surface area contributed by atoms with Gasteiger partial charge in [-0.15, -0.1) is 0 Å². The molecule has 4 heterocycles. The minimum Gasteiger partial charge on any atom is -0.444 e. The standard InChI is InChI=1S/C17H23IN6O2/c1-17(2,3)26-16(25)20-9-6-10-4-5-11(7-9)24(10)12-8-19-13-14(18)22-23-15(13)21-12/h8-11H,4-7H2,1-3H3,(H,20,25)(H,21,22,23)/t9-,10-,11+. The van der Waals surface area contributed by atoms with E-state index in [1.165, 1.54) is 0 Å². The number of aromatic nitrogens is 4. The number of hydrogen-bond donors (Lipinski definition) is 2. The van der Waals surface area contributed by atoms with Crippen LogP contribution in [0.4, 0.5) is 10.6 Å². The van der Waals surface area contributed by atoms with Crippen LogP contribution in [0.1, 0.15) is 46.5 Å². The lowest BCUT2D eigenvalue weighted by Gasteiger charge is -2.39. The summed E-state index contributed by atoms with van der Waals surface area (Å²) in [6.07, 6.45) is 5.52. The Labute approximate surface area is 165 Å². The maximum atomic E-state index is 12.1. The molecular weight excluding hydrogens is 447 g/mol. The fourth-order valence-corrected chi connectivity index (χ4v) is 4.55. The molecule has 2 saturated heterocycles. The van der Waals surface area contributed by atoms with Crippen molar-refractivity contribution in [2.24, 2.45) is 0 Å². The Balaban J connectivity index is 1.47. The van der Waals surface area contributed by atoms with E-state index in [2.05, 4.69) is 48.0 Å². The van der Waals surface area contributed by atoms with E-state index < -0.39 is 5.60 Å². The summed E-state index contributed by atoms with van der Waals surface area (Å²) in [6, 6.07) is 0.869. The molecule has 26 heavy (non-hydrogen) atoms. The number of H-pyrrole nitrogens is 1. The molecule has 2 fully saturated rings. The van der Waals surface area contributed by atoms with E-state index in [1.54, 1.807) is 0 Å². The molecule has 0 radical (unpaired) electrons. The molecule has 0 unspecified atom stereocenters. The number of amides is 1. The zero-order valence-corrected chi connectivity index (χ0v) is 17.3. The van der Waals surface area contributed by atoms with Gasteiger partial charge in [0.25, 0.3) is 0 Å². The number of piperidine rings is 1. The average molecular weight is 470 g/mol. The number of aromatic amines is 1. The van der Waals surface area contributed by atoms with Crippen LogP contribution in [-0.2, 0) is 4.74 Å². The summed E-state index contributed by atoms with van der Waals surface area (Å²) in [6.45, 7) is 5.64. The van der Waals surface area contributed by atoms with E-state index in [4.69, 9.17) is 9.72 Å². The quantitative estimate of drug-likeness (QED) is 0.656. The Morgan fingerprint density at radius 1 is 1.35 bits per heavy atom. The molecular formula is C17H23IN6O2. The van der Waals surface area contributed by atoms with Crippen LogP contribution in [0.25, 0.3) is 11.2 Å². The first kappa shape index (κ1) is 17.7. The van der Waals surface area contributed by atoms with Gasteiger partial charge < -0.3 is 15.0 Å². The van der Waals surface area contributed by atoms with Crippen molar-refractivity contribution in [2.45, 2.75) is 70.2 Å². The van der Waals surface area contributed by atoms with Crippen molar-refractivity contribution >= 4 is 45.7 Å². The van der Waals surface area contributed by atoms with E-state index in [0.29, 0.717) is 12.1 Å². The van der Waals surface area contributed by atoms with E-state index in [9.17, 15) is 4.79 Å². The van der Waals surface area contributed by atoms with Crippen molar-refractivity contribution in [3.05, 3.63) is 9.90 Å². The van der Waals surface area contributed by atoms with Crippen molar-refractivity contribution < 1.29 is 9.53 Å². The van der Waals surface area contributed by atoms with Gasteiger partial charge in [0.15, 0.2) is 9.35 Å². The number of anilines is 1. The van der Waals surface area contributed by atoms with Gasteiger partial charge in [-0.25, -0.2) is 14.8 Å². The lowest BCUT2D eigenvalue weighted by Crippen LogP contribution is -2.51. The lowest BCUT2D eigenvalue weighted by atomic mass is 9.97. The Kier molecular flexibility index (Phi) is 4.44. The molecule has 2 N–H and O–H groups in total. The molecule has 2 aromatic rings. The predicted molar refractivity (Wildman–Crippen MR) is 106 cm³/mol. The molecule has 8 nitrogen and oxygen atoms in total. The molecule has 9 heteroatoms. The number of hydrogen-bond acceptors (Lipinski definition) is 6. The highest BCUT2D eigenvalue weighted by Gasteiger charge is 2.42. The second-order valence-electron chi connectivity index (χ2n) is 8.05. The Morgan fingerprint density at radius 3 is 2.69 bits per heavy atom. The second kappa shape index (κ2) is 6.50. The minimum absolute atomic E-state index is 0.142. The van der Waals surface area contributed by atoms with Gasteiger partial charge in [0, 0.05) is 18.1 Å². The van der Waals surface area contributed by atoms with Crippen LogP contribution in [0.2, 0.25) is 0 Å². The van der Waals surface area contributed by atoms with Gasteiger partial charge in [-0.3, -0.25) is 5.10 Å². The SMILES string of the molecule is CC(C)(C)OC(=O)N[C@@H]1C[C@H]2CC[C@@H](C1)N2c1cnc2c(I)n[nH]c2n1. The third-order valence-corrected chi connectivity index (χ3v) is 5.69. The number of alkyl carbamates (subject to hydrolysis) is 1. The Morgan fingerprint density at radius 2 is 2.04 bits per heavy atom. The molecule has 140 valence electrons. The Hall–Kier alpha value is -1.65. The average Bonchev–Trinajstić information content (AvgIpc) is 3.03. The fourth-order valence-electron chi connectivity index (χ4n) is 4.03. The summed E-state index contributed by atoms with van der Waals surface area (Å²) in [5, 5.41) is 10.1. The predicted octanol–water partition coefficient (Wildman–Crippen LogP) is 2.98. The van der Waals surface area contributed by atoms with Crippen molar-refractivity contribution in [1.82, 2.24) is 25.5 Å². The lowest BCUT2D eigenvalue weighted by molar-refractivity contribution is 0.0492. The number of ether oxygens (including phenoxy) is 1. The normalized spacial score (nSPS) is 25.5. The maximum Gasteiger partial charge on any atom is 0.407 e. The van der Waals surface area contributed by atoms with Gasteiger partial charge in [-0.05, 0) is 69.0 Å². The summed E-state index contributed by atoms with van der Waals surface area (Å²) in [5.74, 6) is 0.890. The molecule has 0 aromatic carbocycles. The highest BCUT2D eigenvalue weighted by molar-refractivity contribution is 14.1. The first-order valence-electron chi connectivity index (χ1n) is 8.94. The smallest absolute Gasteiger partial charge is 0.407 e. The number of nitrogens with zero attached hydrogens (tertiary/aromatic N) is 4. The van der Waals surface area contributed by atoms with Gasteiger partial charge in [-0.2, -0.15) is 5.10 Å². The summed E-state index contributed by atoms with van der Waals surface area (Å²) >= 11 is 2.15. The summed E-state index contributed by atoms with van der Waals surface area (Å²) < 4.78 is 6.23. The number of carbonyl (C=O) groups is 1. The van der Waals surface area contributed by atoms with Gasteiger partial charge in [-0.1, -0.05) is 0 Å². The van der Waals surface area contributed by atoms with Gasteiger partial charge >= 0.3 is 6.09 Å². The van der Waals surface area contributed by atoms with Crippen LogP contribution in [0.15, 0.2) is 6.20 Å². The molecule has 2 aliphatic heterocycles. The van der Waals surface area contributed by atoms with Crippen molar-refractivity contribution in [2.75, 3.05) is 4.90 Å². The third-order valence-electron chi connectivity index (χ3n) is 4.93. The Bertz CT molecular complexity index is 818. The van der Waals surface area contributed by atoms with Crippen molar-refractivity contribution in [1.29, 1.82) is 0 Å². The zero-order valence-electron chi connectivity index (χ0n) is 15.1. The monoisotopic (exact) mass is 470 g/mol. The third kappa shape index (κ3) is 3.45. The highest BCUT2D eigenvalue weighted by atomic mass is 127. The minimum atomic E-state index is -0.476. The van der Waals surface area contributed by atoms with Gasteiger partial charge in [0.1, 0.15) is 16.9 Å². The van der Waals surface area contributed by atoms with E-state index >= 15 is 0 Å². The number of nitrogens with one attached hydrogen (secondary N) is 2. The maximum absolute atomic E-state index is 12.1. The molecule has 0 saturated carbocycles. The molecule has 2 aromatic heterocycles. The summed E-state index contributed by atoms with van der Waals surface area (Å²) in [4.78, 5) is 23.7. The number of halogens is 1. The summed E-state index contributed by atoms with van der Waals surface area (Å²) in [5.41, 5.74) is 1.06. The van der Waals surface area contributed by atoms with Crippen LogP contribution in [-0.4, -0.2) is 50.0 Å². The van der Waals surface area contributed by atoms with Gasteiger partial charge in [0.2, 0.25) is 0 Å². The van der Waals surface area contributed by atoms with Crippen LogP contribution < -0.4 is 10.2 Å². The largest absolute Gasteiger partial charge is 0.444 e. The first-order valence-corrected chi connectivity index (χ1v) is 10.0. The molecule has 2 bridgehead atoms. The number of rotatable bonds is 2. The van der Waals surface area contributed by atoms with Gasteiger partial charge in [0.05, 0.1) is 6.20 Å². The molecule has 0 spiro atoms. The molecule has 1 amide bonds. The summed E-state index contributed by atoms with van der Waals surface area (Å²) in [7, 11) is 0. The van der Waals surface area contributed by atoms with E-state index in [0.717, 1.165) is 46.4 Å². The van der Waals surface area contributed by atoms with Crippen molar-refractivity contribution in [3.63, 3.8) is 0 Å². The number of fused-ring (bicyclic) bond motifs is 3. The molecule has 4 rings (SSSR count). The second-order valence-corrected chi connectivity index (χ2v) is 9.07. The topological polar surface area (TPSA) is 96.0 Å². The van der Waals surface area contributed by atoms with Crippen LogP contribution in [0, 0.1) is 3.70 Å². The van der Waals surface area contributed by atoms with Crippen molar-refractivity contribution in [3.8, 4) is 0 Å². The fraction of sp³-hybridized carbons (Fsp3) is 0.647. The number of carbonyl (C=O) groups excluding carboxylic acids is 1. The highest BCUT2D eigenvalue weighted by Crippen LogP contribution is 2.38. The van der Waals surface area contributed by atoms with Crippen LogP contribution >= 0.6 is 22.6 Å². The molecule has 0 aliphatic carbocycles. The van der Waals surface area contributed by atoms with Crippen LogP contribution in [0.5, 0.6) is 0 Å². The molecule has 3 atom stereocenters. The zero-order chi connectivity index (χ0) is 18.5. The van der Waals surface area contributed by atoms with E-state index in [1.807, 2.05) is 27.0 Å². The van der Waals surface area contributed by atoms with E-state index in [-0.39, 0.29) is 12.1 Å². The van der Waals surface area contributed by atoms with Crippen LogP contribution in [0.3, 0.4) is 0 Å². The molecule has 2 aliphatic rings. The first-order chi connectivity index (χ1) is 12.3.